The van der Waals surface area contributed by atoms with Gasteiger partial charge in [0.05, 0.1) is 0 Å². The van der Waals surface area contributed by atoms with Crippen LogP contribution in [0.3, 0.4) is 0 Å². The molecular formula is C10H14ClN3O. The van der Waals surface area contributed by atoms with Crippen molar-refractivity contribution in [1.82, 2.24) is 9.13 Å². The van der Waals surface area contributed by atoms with Crippen LogP contribution in [0, 0.1) is 0 Å². The van der Waals surface area contributed by atoms with E-state index < -0.39 is 0 Å². The molecule has 0 saturated heterocycles. The fourth-order valence-corrected chi connectivity index (χ4v) is 1.65. The standard InChI is InChI=1S/C10H13N3O.ClH/c1-12-5-2-8-3-6-13(7-4-11)10(14)9(8)12;/h2-3,5-6H,4,7,11H2,1H3;1H. The van der Waals surface area contributed by atoms with Gasteiger partial charge in [0, 0.05) is 37.9 Å². The van der Waals surface area contributed by atoms with Crippen molar-refractivity contribution in [3.63, 3.8) is 0 Å². The Labute approximate surface area is 93.7 Å². The topological polar surface area (TPSA) is 52.9 Å². The average molecular weight is 228 g/mol. The fourth-order valence-electron chi connectivity index (χ4n) is 1.65. The molecule has 2 aromatic heterocycles. The minimum Gasteiger partial charge on any atom is -0.346 e. The predicted octanol–water partition coefficient (Wildman–Crippen LogP) is 0.720. The van der Waals surface area contributed by atoms with Gasteiger partial charge < -0.3 is 14.9 Å². The molecule has 2 aromatic rings. The molecule has 0 atom stereocenters. The van der Waals surface area contributed by atoms with Gasteiger partial charge in [0.2, 0.25) is 0 Å². The Morgan fingerprint density at radius 3 is 2.67 bits per heavy atom. The zero-order valence-corrected chi connectivity index (χ0v) is 9.33. The smallest absolute Gasteiger partial charge is 0.275 e. The number of fused-ring (bicyclic) bond motifs is 1. The highest BCUT2D eigenvalue weighted by atomic mass is 35.5. The van der Waals surface area contributed by atoms with E-state index in [1.807, 2.05) is 29.9 Å². The highest BCUT2D eigenvalue weighted by Crippen LogP contribution is 2.08. The zero-order chi connectivity index (χ0) is 10.1. The summed E-state index contributed by atoms with van der Waals surface area (Å²) in [5.41, 5.74) is 6.19. The van der Waals surface area contributed by atoms with Crippen LogP contribution in [-0.4, -0.2) is 15.7 Å². The predicted molar refractivity (Wildman–Crippen MR) is 63.5 cm³/mol. The number of aromatic nitrogens is 2. The van der Waals surface area contributed by atoms with Crippen molar-refractivity contribution in [3.8, 4) is 0 Å². The molecule has 0 radical (unpaired) electrons. The van der Waals surface area contributed by atoms with E-state index in [0.717, 1.165) is 10.9 Å². The summed E-state index contributed by atoms with van der Waals surface area (Å²) >= 11 is 0. The second-order valence-corrected chi connectivity index (χ2v) is 3.33. The van der Waals surface area contributed by atoms with E-state index in [0.29, 0.717) is 13.1 Å². The van der Waals surface area contributed by atoms with Gasteiger partial charge in [-0.05, 0) is 12.1 Å². The number of aryl methyl sites for hydroxylation is 1. The van der Waals surface area contributed by atoms with E-state index in [9.17, 15) is 4.79 Å². The molecule has 0 aromatic carbocycles. The third kappa shape index (κ3) is 1.91. The number of nitrogens with zero attached hydrogens (tertiary/aromatic N) is 2. The van der Waals surface area contributed by atoms with Crippen molar-refractivity contribution in [2.75, 3.05) is 6.54 Å². The Morgan fingerprint density at radius 2 is 2.00 bits per heavy atom. The molecule has 0 fully saturated rings. The lowest BCUT2D eigenvalue weighted by Gasteiger charge is -2.04. The minimum atomic E-state index is 0. The maximum absolute atomic E-state index is 11.9. The third-order valence-corrected chi connectivity index (χ3v) is 2.37. The van der Waals surface area contributed by atoms with E-state index in [1.54, 1.807) is 10.8 Å². The van der Waals surface area contributed by atoms with Crippen molar-refractivity contribution in [2.45, 2.75) is 6.54 Å². The van der Waals surface area contributed by atoms with Gasteiger partial charge in [0.1, 0.15) is 5.52 Å². The summed E-state index contributed by atoms with van der Waals surface area (Å²) in [6.45, 7) is 1.05. The fraction of sp³-hybridized carbons (Fsp3) is 0.300. The Kier molecular flexibility index (Phi) is 3.55. The number of pyridine rings is 1. The molecule has 5 heteroatoms. The molecule has 0 unspecified atom stereocenters. The largest absolute Gasteiger partial charge is 0.346 e. The summed E-state index contributed by atoms with van der Waals surface area (Å²) in [7, 11) is 1.87. The average Bonchev–Trinajstić information content (AvgIpc) is 2.54. The van der Waals surface area contributed by atoms with E-state index in [1.165, 1.54) is 0 Å². The molecule has 0 aliphatic rings. The Morgan fingerprint density at radius 1 is 1.33 bits per heavy atom. The van der Waals surface area contributed by atoms with Gasteiger partial charge in [-0.25, -0.2) is 0 Å². The van der Waals surface area contributed by atoms with Crippen molar-refractivity contribution >= 4 is 23.3 Å². The van der Waals surface area contributed by atoms with Crippen molar-refractivity contribution < 1.29 is 0 Å². The Bertz CT molecular complexity index is 515. The van der Waals surface area contributed by atoms with E-state index in [4.69, 9.17) is 5.73 Å². The molecule has 0 spiro atoms. The molecule has 2 N–H and O–H groups in total. The summed E-state index contributed by atoms with van der Waals surface area (Å²) in [5.74, 6) is 0. The molecule has 15 heavy (non-hydrogen) atoms. The molecule has 0 bridgehead atoms. The summed E-state index contributed by atoms with van der Waals surface area (Å²) in [4.78, 5) is 11.9. The molecule has 2 rings (SSSR count). The number of hydrogen-bond acceptors (Lipinski definition) is 2. The van der Waals surface area contributed by atoms with Crippen LogP contribution in [0.5, 0.6) is 0 Å². The third-order valence-electron chi connectivity index (χ3n) is 2.37. The monoisotopic (exact) mass is 227 g/mol. The molecule has 0 aliphatic carbocycles. The Balaban J connectivity index is 0.00000112. The van der Waals surface area contributed by atoms with Crippen LogP contribution in [0.25, 0.3) is 10.9 Å². The van der Waals surface area contributed by atoms with Crippen LogP contribution in [0.4, 0.5) is 0 Å². The summed E-state index contributed by atoms with van der Waals surface area (Å²) in [6.07, 6.45) is 3.68. The van der Waals surface area contributed by atoms with Crippen LogP contribution in [0.2, 0.25) is 0 Å². The van der Waals surface area contributed by atoms with E-state index in [-0.39, 0.29) is 18.0 Å². The highest BCUT2D eigenvalue weighted by Gasteiger charge is 2.04. The lowest BCUT2D eigenvalue weighted by Crippen LogP contribution is -2.24. The zero-order valence-electron chi connectivity index (χ0n) is 8.51. The molecule has 4 nitrogen and oxygen atoms in total. The summed E-state index contributed by atoms with van der Waals surface area (Å²) in [5, 5.41) is 0.978. The molecule has 82 valence electrons. The van der Waals surface area contributed by atoms with Crippen molar-refractivity contribution in [2.24, 2.45) is 12.8 Å². The SMILES string of the molecule is Cl.Cn1ccc2ccn(CCN)c(=O)c21. The molecule has 0 saturated carbocycles. The normalized spacial score (nSPS) is 10.3. The number of hydrogen-bond donors (Lipinski definition) is 1. The van der Waals surface area contributed by atoms with E-state index in [2.05, 4.69) is 0 Å². The summed E-state index contributed by atoms with van der Waals surface area (Å²) in [6, 6.07) is 3.87. The number of rotatable bonds is 2. The first-order chi connectivity index (χ1) is 6.74. The van der Waals surface area contributed by atoms with Crippen LogP contribution in [0.1, 0.15) is 0 Å². The second-order valence-electron chi connectivity index (χ2n) is 3.33. The summed E-state index contributed by atoms with van der Waals surface area (Å²) < 4.78 is 3.48. The van der Waals surface area contributed by atoms with Gasteiger partial charge in [-0.1, -0.05) is 0 Å². The minimum absolute atomic E-state index is 0. The van der Waals surface area contributed by atoms with Gasteiger partial charge in [-0.15, -0.1) is 12.4 Å². The maximum Gasteiger partial charge on any atom is 0.275 e. The van der Waals surface area contributed by atoms with Gasteiger partial charge in [-0.3, -0.25) is 4.79 Å². The van der Waals surface area contributed by atoms with Gasteiger partial charge in [0.25, 0.3) is 5.56 Å². The number of halogens is 1. The molecular weight excluding hydrogens is 214 g/mol. The van der Waals surface area contributed by atoms with Gasteiger partial charge >= 0.3 is 0 Å². The maximum atomic E-state index is 11.9. The second kappa shape index (κ2) is 4.51. The van der Waals surface area contributed by atoms with Crippen molar-refractivity contribution in [1.29, 1.82) is 0 Å². The highest BCUT2D eigenvalue weighted by molar-refractivity contribution is 5.85. The van der Waals surface area contributed by atoms with Gasteiger partial charge in [-0.2, -0.15) is 0 Å². The molecule has 0 amide bonds. The Hall–Kier alpha value is -1.26. The van der Waals surface area contributed by atoms with Crippen LogP contribution in [0.15, 0.2) is 29.3 Å². The first-order valence-electron chi connectivity index (χ1n) is 4.58. The lowest BCUT2D eigenvalue weighted by molar-refractivity contribution is 0.683. The molecule has 0 aliphatic heterocycles. The van der Waals surface area contributed by atoms with Crippen molar-refractivity contribution in [3.05, 3.63) is 34.9 Å². The van der Waals surface area contributed by atoms with Gasteiger partial charge in [0.15, 0.2) is 0 Å². The number of nitrogens with two attached hydrogens (primary N) is 1. The lowest BCUT2D eigenvalue weighted by atomic mass is 10.3. The van der Waals surface area contributed by atoms with Crippen LogP contribution in [-0.2, 0) is 13.6 Å². The van der Waals surface area contributed by atoms with Crippen LogP contribution < -0.4 is 11.3 Å². The first-order valence-corrected chi connectivity index (χ1v) is 4.58. The molecule has 2 heterocycles. The first kappa shape index (κ1) is 11.8. The quantitative estimate of drug-likeness (QED) is 0.822. The van der Waals surface area contributed by atoms with E-state index >= 15 is 0 Å². The van der Waals surface area contributed by atoms with Crippen LogP contribution >= 0.6 is 12.4 Å².